The summed E-state index contributed by atoms with van der Waals surface area (Å²) in [7, 11) is 1.32. The smallest absolute Gasteiger partial charge is 0.165 e. The molecule has 0 saturated carbocycles. The maximum absolute atomic E-state index is 13.7. The molecule has 5 heteroatoms. The van der Waals surface area contributed by atoms with Gasteiger partial charge in [0.1, 0.15) is 17.2 Å². The molecule has 1 atom stereocenters. The molecule has 0 saturated heterocycles. The van der Waals surface area contributed by atoms with Gasteiger partial charge in [-0.15, -0.1) is 0 Å². The summed E-state index contributed by atoms with van der Waals surface area (Å²) in [5, 5.41) is 10.5. The van der Waals surface area contributed by atoms with Gasteiger partial charge in [0.25, 0.3) is 0 Å². The first kappa shape index (κ1) is 14.4. The average Bonchev–Trinajstić information content (AvgIpc) is 2.37. The van der Waals surface area contributed by atoms with Crippen LogP contribution in [-0.2, 0) is 5.60 Å². The van der Waals surface area contributed by atoms with Gasteiger partial charge in [0.15, 0.2) is 11.6 Å². The molecule has 0 spiro atoms. The van der Waals surface area contributed by atoms with Crippen LogP contribution in [0.2, 0.25) is 0 Å². The summed E-state index contributed by atoms with van der Waals surface area (Å²) in [6.45, 7) is 1.34. The van der Waals surface area contributed by atoms with Crippen LogP contribution < -0.4 is 4.74 Å². The second kappa shape index (κ2) is 5.17. The predicted molar refractivity (Wildman–Crippen MR) is 68.0 cm³/mol. The fraction of sp³-hybridized carbons (Fsp3) is 0.200. The van der Waals surface area contributed by atoms with Crippen LogP contribution in [0.25, 0.3) is 0 Å². The highest BCUT2D eigenvalue weighted by atomic mass is 19.1. The molecule has 0 aliphatic carbocycles. The van der Waals surface area contributed by atoms with E-state index in [4.69, 9.17) is 4.74 Å². The lowest BCUT2D eigenvalue weighted by atomic mass is 9.88. The summed E-state index contributed by atoms with van der Waals surface area (Å²) < 4.78 is 44.9. The van der Waals surface area contributed by atoms with E-state index in [0.29, 0.717) is 6.07 Å². The highest BCUT2D eigenvalue weighted by Crippen LogP contribution is 2.32. The van der Waals surface area contributed by atoms with Crippen molar-refractivity contribution in [3.8, 4) is 5.75 Å². The Morgan fingerprint density at radius 2 is 1.55 bits per heavy atom. The quantitative estimate of drug-likeness (QED) is 0.935. The third-order valence-corrected chi connectivity index (χ3v) is 3.14. The number of hydrogen-bond acceptors (Lipinski definition) is 2. The lowest BCUT2D eigenvalue weighted by Gasteiger charge is -2.25. The molecule has 20 heavy (non-hydrogen) atoms. The summed E-state index contributed by atoms with van der Waals surface area (Å²) in [4.78, 5) is 0. The van der Waals surface area contributed by atoms with Crippen molar-refractivity contribution in [3.05, 3.63) is 65.0 Å². The van der Waals surface area contributed by atoms with E-state index >= 15 is 0 Å². The molecule has 2 nitrogen and oxygen atoms in total. The first-order chi connectivity index (χ1) is 9.34. The van der Waals surface area contributed by atoms with Crippen LogP contribution in [0.4, 0.5) is 13.2 Å². The van der Waals surface area contributed by atoms with Crippen LogP contribution in [0.3, 0.4) is 0 Å². The summed E-state index contributed by atoms with van der Waals surface area (Å²) in [6, 6.07) is 6.56. The van der Waals surface area contributed by atoms with Gasteiger partial charge in [-0.2, -0.15) is 0 Å². The van der Waals surface area contributed by atoms with Gasteiger partial charge in [0.05, 0.1) is 7.11 Å². The van der Waals surface area contributed by atoms with E-state index in [1.54, 1.807) is 0 Å². The Kier molecular flexibility index (Phi) is 3.72. The van der Waals surface area contributed by atoms with Gasteiger partial charge in [-0.05, 0) is 42.3 Å². The van der Waals surface area contributed by atoms with Crippen LogP contribution in [0, 0.1) is 17.5 Å². The van der Waals surface area contributed by atoms with Crippen molar-refractivity contribution in [1.29, 1.82) is 0 Å². The molecule has 0 radical (unpaired) electrons. The molecule has 0 fully saturated rings. The van der Waals surface area contributed by atoms with Gasteiger partial charge < -0.3 is 9.84 Å². The molecule has 0 amide bonds. The third kappa shape index (κ3) is 2.63. The monoisotopic (exact) mass is 282 g/mol. The van der Waals surface area contributed by atoms with Crippen LogP contribution in [-0.4, -0.2) is 12.2 Å². The highest BCUT2D eigenvalue weighted by Gasteiger charge is 2.28. The maximum Gasteiger partial charge on any atom is 0.165 e. The Hall–Kier alpha value is -2.01. The van der Waals surface area contributed by atoms with Crippen LogP contribution in [0.1, 0.15) is 18.1 Å². The number of hydrogen-bond donors (Lipinski definition) is 1. The molecule has 0 aliphatic heterocycles. The number of methoxy groups -OCH3 is 1. The minimum Gasteiger partial charge on any atom is -0.494 e. The van der Waals surface area contributed by atoms with Gasteiger partial charge in [0, 0.05) is 6.07 Å². The van der Waals surface area contributed by atoms with Crippen molar-refractivity contribution in [1.82, 2.24) is 0 Å². The van der Waals surface area contributed by atoms with Crippen molar-refractivity contribution >= 4 is 0 Å². The minimum absolute atomic E-state index is 0.000401. The largest absolute Gasteiger partial charge is 0.494 e. The van der Waals surface area contributed by atoms with Crippen molar-refractivity contribution < 1.29 is 23.0 Å². The molecule has 0 aliphatic rings. The number of benzene rings is 2. The Labute approximate surface area is 114 Å². The van der Waals surface area contributed by atoms with Gasteiger partial charge in [0.2, 0.25) is 0 Å². The van der Waals surface area contributed by atoms with E-state index in [0.717, 1.165) is 18.2 Å². The third-order valence-electron chi connectivity index (χ3n) is 3.14. The molecular formula is C15H13F3O2. The summed E-state index contributed by atoms with van der Waals surface area (Å²) in [6.07, 6.45) is 0. The molecule has 0 heterocycles. The van der Waals surface area contributed by atoms with Crippen LogP contribution in [0.5, 0.6) is 5.75 Å². The zero-order valence-corrected chi connectivity index (χ0v) is 11.0. The second-order valence-corrected chi connectivity index (χ2v) is 4.58. The molecule has 2 aromatic rings. The lowest BCUT2D eigenvalue weighted by molar-refractivity contribution is 0.101. The molecule has 0 aromatic heterocycles. The standard InChI is InChI=1S/C15H13F3O2/c1-15(19,10-5-11(16)8-12(17)6-10)9-3-4-14(20-2)13(18)7-9/h3-8,19H,1-2H3. The molecule has 106 valence electrons. The van der Waals surface area contributed by atoms with Crippen LogP contribution in [0.15, 0.2) is 36.4 Å². The highest BCUT2D eigenvalue weighted by molar-refractivity contribution is 5.39. The summed E-state index contributed by atoms with van der Waals surface area (Å²) >= 11 is 0. The normalized spacial score (nSPS) is 13.9. The first-order valence-corrected chi connectivity index (χ1v) is 5.87. The van der Waals surface area contributed by atoms with Gasteiger partial charge >= 0.3 is 0 Å². The Balaban J connectivity index is 2.51. The fourth-order valence-corrected chi connectivity index (χ4v) is 1.97. The molecule has 2 rings (SSSR count). The minimum atomic E-state index is -1.73. The maximum atomic E-state index is 13.7. The predicted octanol–water partition coefficient (Wildman–Crippen LogP) is 3.37. The zero-order chi connectivity index (χ0) is 14.9. The number of halogens is 3. The van der Waals surface area contributed by atoms with Gasteiger partial charge in [-0.25, -0.2) is 13.2 Å². The molecule has 2 aromatic carbocycles. The lowest BCUT2D eigenvalue weighted by Crippen LogP contribution is -2.23. The molecule has 1 unspecified atom stereocenters. The average molecular weight is 282 g/mol. The molecule has 0 bridgehead atoms. The van der Waals surface area contributed by atoms with E-state index in [1.807, 2.05) is 0 Å². The van der Waals surface area contributed by atoms with Crippen molar-refractivity contribution in [3.63, 3.8) is 0 Å². The second-order valence-electron chi connectivity index (χ2n) is 4.58. The Morgan fingerprint density at radius 1 is 0.950 bits per heavy atom. The Bertz CT molecular complexity index is 619. The topological polar surface area (TPSA) is 29.5 Å². The van der Waals surface area contributed by atoms with Gasteiger partial charge in [-0.3, -0.25) is 0 Å². The Morgan fingerprint density at radius 3 is 2.05 bits per heavy atom. The first-order valence-electron chi connectivity index (χ1n) is 5.87. The SMILES string of the molecule is COc1ccc(C(C)(O)c2cc(F)cc(F)c2)cc1F. The summed E-state index contributed by atoms with van der Waals surface area (Å²) in [5.74, 6) is -2.26. The zero-order valence-electron chi connectivity index (χ0n) is 11.0. The van der Waals surface area contributed by atoms with E-state index in [-0.39, 0.29) is 16.9 Å². The number of ether oxygens (including phenoxy) is 1. The fourth-order valence-electron chi connectivity index (χ4n) is 1.97. The van der Waals surface area contributed by atoms with E-state index < -0.39 is 23.1 Å². The van der Waals surface area contributed by atoms with E-state index in [2.05, 4.69) is 0 Å². The molecule has 1 N–H and O–H groups in total. The van der Waals surface area contributed by atoms with E-state index in [1.165, 1.54) is 26.2 Å². The molecular weight excluding hydrogens is 269 g/mol. The van der Waals surface area contributed by atoms with Crippen molar-refractivity contribution in [2.24, 2.45) is 0 Å². The van der Waals surface area contributed by atoms with Gasteiger partial charge in [-0.1, -0.05) is 6.07 Å². The van der Waals surface area contributed by atoms with E-state index in [9.17, 15) is 18.3 Å². The number of aliphatic hydroxyl groups is 1. The summed E-state index contributed by atoms with van der Waals surface area (Å²) in [5.41, 5.74) is -1.56. The van der Waals surface area contributed by atoms with Crippen LogP contribution >= 0.6 is 0 Å². The van der Waals surface area contributed by atoms with Crippen molar-refractivity contribution in [2.75, 3.05) is 7.11 Å². The number of rotatable bonds is 3. The van der Waals surface area contributed by atoms with Crippen molar-refractivity contribution in [2.45, 2.75) is 12.5 Å².